The van der Waals surface area contributed by atoms with Gasteiger partial charge < -0.3 is 15.4 Å². The van der Waals surface area contributed by atoms with E-state index in [-0.39, 0.29) is 28.6 Å². The Balaban J connectivity index is 2.00. The summed E-state index contributed by atoms with van der Waals surface area (Å²) in [5, 5.41) is -0.344. The smallest absolute Gasteiger partial charge is 0.281 e. The number of nitrogen functional groups attached to an aromatic ring is 1. The van der Waals surface area contributed by atoms with Crippen molar-refractivity contribution >= 4 is 27.6 Å². The number of hydrogen-bond acceptors (Lipinski definition) is 9. The average molecular weight is 499 g/mol. The highest BCUT2D eigenvalue weighted by atomic mass is 32.2. The Kier molecular flexibility index (Phi) is 7.90. The summed E-state index contributed by atoms with van der Waals surface area (Å²) in [6.45, 7) is 10.3. The highest BCUT2D eigenvalue weighted by Crippen LogP contribution is 2.27. The molecule has 0 saturated heterocycles. The quantitative estimate of drug-likeness (QED) is 0.455. The van der Waals surface area contributed by atoms with Gasteiger partial charge in [0.15, 0.2) is 5.03 Å². The number of nitrogens with one attached hydrogen (secondary N) is 1. The molecule has 3 aromatic heterocycles. The van der Waals surface area contributed by atoms with Gasteiger partial charge in [-0.25, -0.2) is 19.7 Å². The molecule has 186 valence electrons. The molecule has 0 aliphatic rings. The maximum Gasteiger partial charge on any atom is 0.281 e. The van der Waals surface area contributed by atoms with Gasteiger partial charge in [-0.1, -0.05) is 6.07 Å². The summed E-state index contributed by atoms with van der Waals surface area (Å²) >= 11 is 0. The molecule has 0 fully saturated rings. The third-order valence-electron chi connectivity index (χ3n) is 4.99. The van der Waals surface area contributed by atoms with E-state index in [4.69, 9.17) is 15.5 Å². The maximum absolute atomic E-state index is 13.1. The highest BCUT2D eigenvalue weighted by molar-refractivity contribution is 7.90. The summed E-state index contributed by atoms with van der Waals surface area (Å²) in [7, 11) is -4.24. The predicted octanol–water partition coefficient (Wildman–Crippen LogP) is 3.26. The number of carbonyl (C=O) groups excluding carboxylic acids is 1. The van der Waals surface area contributed by atoms with Crippen molar-refractivity contribution in [2.24, 2.45) is 0 Å². The molecule has 11 heteroatoms. The normalized spacial score (nSPS) is 11.5. The van der Waals surface area contributed by atoms with Crippen molar-refractivity contribution in [3.05, 3.63) is 54.2 Å². The molecule has 3 aromatic rings. The standard InChI is InChI=1S/C24H30N6O4S/c1-6-30(15(2)3)23-18(24(31)29-35(32,33)22-9-7-8-20(25)28-22)11-12-19(27-23)17-10-13-21(26-14-17)34-16(4)5/h7-16H,6H2,1-5H3,(H2,25,28)(H,29,31). The molecular formula is C24H30N6O4S. The molecule has 3 N–H and O–H groups in total. The zero-order valence-corrected chi connectivity index (χ0v) is 21.2. The number of rotatable bonds is 9. The molecular weight excluding hydrogens is 468 g/mol. The number of amides is 1. The van der Waals surface area contributed by atoms with Crippen LogP contribution in [-0.4, -0.2) is 48.0 Å². The van der Waals surface area contributed by atoms with Gasteiger partial charge in [0.25, 0.3) is 15.9 Å². The molecule has 3 rings (SSSR count). The number of ether oxygens (including phenoxy) is 1. The average Bonchev–Trinajstić information content (AvgIpc) is 2.79. The van der Waals surface area contributed by atoms with Crippen LogP contribution < -0.4 is 20.1 Å². The molecule has 0 aromatic carbocycles. The Morgan fingerprint density at radius 2 is 1.83 bits per heavy atom. The largest absolute Gasteiger partial charge is 0.475 e. The second-order valence-electron chi connectivity index (χ2n) is 8.33. The van der Waals surface area contributed by atoms with Gasteiger partial charge in [0.1, 0.15) is 11.6 Å². The molecule has 0 aliphatic heterocycles. The van der Waals surface area contributed by atoms with Gasteiger partial charge in [-0.2, -0.15) is 8.42 Å². The Labute approximate surface area is 205 Å². The third-order valence-corrected chi connectivity index (χ3v) is 6.22. The van der Waals surface area contributed by atoms with E-state index >= 15 is 0 Å². The van der Waals surface area contributed by atoms with E-state index in [0.717, 1.165) is 5.56 Å². The zero-order valence-electron chi connectivity index (χ0n) is 20.4. The molecule has 0 saturated carbocycles. The summed E-state index contributed by atoms with van der Waals surface area (Å²) in [6, 6.07) is 11.0. The number of sulfonamides is 1. The van der Waals surface area contributed by atoms with Crippen molar-refractivity contribution in [1.82, 2.24) is 19.7 Å². The summed E-state index contributed by atoms with van der Waals surface area (Å²) < 4.78 is 33.2. The van der Waals surface area contributed by atoms with Crippen molar-refractivity contribution in [1.29, 1.82) is 0 Å². The number of anilines is 2. The van der Waals surface area contributed by atoms with Crippen LogP contribution in [0.5, 0.6) is 5.88 Å². The van der Waals surface area contributed by atoms with Gasteiger partial charge in [-0.3, -0.25) is 4.79 Å². The van der Waals surface area contributed by atoms with Crippen molar-refractivity contribution in [2.75, 3.05) is 17.2 Å². The van der Waals surface area contributed by atoms with Crippen LogP contribution >= 0.6 is 0 Å². The zero-order chi connectivity index (χ0) is 25.8. The van der Waals surface area contributed by atoms with Crippen molar-refractivity contribution in [2.45, 2.75) is 51.8 Å². The first-order chi connectivity index (χ1) is 16.5. The Morgan fingerprint density at radius 3 is 2.40 bits per heavy atom. The van der Waals surface area contributed by atoms with E-state index in [1.807, 2.05) is 45.6 Å². The lowest BCUT2D eigenvalue weighted by atomic mass is 10.1. The molecule has 0 bridgehead atoms. The summed E-state index contributed by atoms with van der Waals surface area (Å²) in [4.78, 5) is 27.9. The molecule has 3 heterocycles. The fourth-order valence-corrected chi connectivity index (χ4v) is 4.36. The number of aromatic nitrogens is 3. The third kappa shape index (κ3) is 6.24. The molecule has 0 unspecified atom stereocenters. The summed E-state index contributed by atoms with van der Waals surface area (Å²) in [5.41, 5.74) is 7.03. The topological polar surface area (TPSA) is 140 Å². The van der Waals surface area contributed by atoms with Gasteiger partial charge in [-0.05, 0) is 65.0 Å². The Morgan fingerprint density at radius 1 is 1.09 bits per heavy atom. The fourth-order valence-electron chi connectivity index (χ4n) is 3.42. The van der Waals surface area contributed by atoms with Crippen molar-refractivity contribution < 1.29 is 17.9 Å². The number of hydrogen-bond donors (Lipinski definition) is 2. The molecule has 10 nitrogen and oxygen atoms in total. The lowest BCUT2D eigenvalue weighted by Crippen LogP contribution is -2.36. The Hall–Kier alpha value is -3.73. The van der Waals surface area contributed by atoms with E-state index in [1.54, 1.807) is 24.4 Å². The molecule has 35 heavy (non-hydrogen) atoms. The first kappa shape index (κ1) is 25.9. The second-order valence-corrected chi connectivity index (χ2v) is 9.96. The van der Waals surface area contributed by atoms with Crippen LogP contribution in [0.3, 0.4) is 0 Å². The van der Waals surface area contributed by atoms with Crippen LogP contribution in [0.15, 0.2) is 53.7 Å². The minimum absolute atomic E-state index is 0.00108. The van der Waals surface area contributed by atoms with E-state index < -0.39 is 15.9 Å². The monoisotopic (exact) mass is 498 g/mol. The van der Waals surface area contributed by atoms with E-state index in [1.165, 1.54) is 18.2 Å². The van der Waals surface area contributed by atoms with Crippen LogP contribution in [0, 0.1) is 0 Å². The number of pyridine rings is 3. The second kappa shape index (κ2) is 10.7. The minimum atomic E-state index is -4.24. The van der Waals surface area contributed by atoms with E-state index in [0.29, 0.717) is 23.9 Å². The minimum Gasteiger partial charge on any atom is -0.475 e. The highest BCUT2D eigenvalue weighted by Gasteiger charge is 2.25. The molecule has 0 radical (unpaired) electrons. The van der Waals surface area contributed by atoms with Gasteiger partial charge in [-0.15, -0.1) is 0 Å². The Bertz CT molecular complexity index is 1290. The molecule has 1 amide bonds. The lowest BCUT2D eigenvalue weighted by Gasteiger charge is -2.28. The van der Waals surface area contributed by atoms with Crippen molar-refractivity contribution in [3.8, 4) is 17.1 Å². The van der Waals surface area contributed by atoms with Crippen LogP contribution in [0.4, 0.5) is 11.6 Å². The molecule has 0 aliphatic carbocycles. The summed E-state index contributed by atoms with van der Waals surface area (Å²) in [6.07, 6.45) is 1.64. The van der Waals surface area contributed by atoms with Gasteiger partial charge in [0, 0.05) is 30.4 Å². The van der Waals surface area contributed by atoms with Crippen molar-refractivity contribution in [3.63, 3.8) is 0 Å². The fraction of sp³-hybridized carbons (Fsp3) is 0.333. The van der Waals surface area contributed by atoms with Crippen LogP contribution in [0.2, 0.25) is 0 Å². The molecule has 0 atom stereocenters. The maximum atomic E-state index is 13.1. The summed E-state index contributed by atoms with van der Waals surface area (Å²) in [5.74, 6) is 0.0667. The van der Waals surface area contributed by atoms with E-state index in [2.05, 4.69) is 14.7 Å². The predicted molar refractivity (Wildman–Crippen MR) is 135 cm³/mol. The molecule has 0 spiro atoms. The van der Waals surface area contributed by atoms with Gasteiger partial charge in [0.05, 0.1) is 17.4 Å². The van der Waals surface area contributed by atoms with E-state index in [9.17, 15) is 13.2 Å². The van der Waals surface area contributed by atoms with Gasteiger partial charge >= 0.3 is 0 Å². The van der Waals surface area contributed by atoms with Crippen LogP contribution in [0.25, 0.3) is 11.3 Å². The first-order valence-electron chi connectivity index (χ1n) is 11.2. The van der Waals surface area contributed by atoms with Crippen LogP contribution in [0.1, 0.15) is 45.0 Å². The number of nitrogens with two attached hydrogens (primary N) is 1. The number of carbonyl (C=O) groups is 1. The first-order valence-corrected chi connectivity index (χ1v) is 12.7. The number of nitrogens with zero attached hydrogens (tertiary/aromatic N) is 4. The lowest BCUT2D eigenvalue weighted by molar-refractivity contribution is 0.0981. The SMILES string of the molecule is CCN(c1nc(-c2ccc(OC(C)C)nc2)ccc1C(=O)NS(=O)(=O)c1cccc(N)n1)C(C)C. The van der Waals surface area contributed by atoms with Crippen LogP contribution in [-0.2, 0) is 10.0 Å². The van der Waals surface area contributed by atoms with Gasteiger partial charge in [0.2, 0.25) is 5.88 Å².